The van der Waals surface area contributed by atoms with Gasteiger partial charge in [-0.15, -0.1) is 5.11 Å². The molecule has 0 unspecified atom stereocenters. The number of nitrogens with two attached hydrogens (primary N) is 1. The van der Waals surface area contributed by atoms with Crippen LogP contribution in [0.5, 0.6) is 0 Å². The number of nitrogens with one attached hydrogen (secondary N) is 1. The van der Waals surface area contributed by atoms with E-state index in [1.807, 2.05) is 12.1 Å². The van der Waals surface area contributed by atoms with Crippen LogP contribution in [0.4, 0.5) is 17.2 Å². The maximum Gasteiger partial charge on any atom is 0.337 e. The molecule has 126 valence electrons. The number of aromatic nitrogens is 3. The monoisotopic (exact) mass is 336 g/mol. The van der Waals surface area contributed by atoms with Crippen LogP contribution in [0.15, 0.2) is 59.0 Å². The summed E-state index contributed by atoms with van der Waals surface area (Å²) in [6.45, 7) is 0. The molecule has 0 amide bonds. The zero-order valence-corrected chi connectivity index (χ0v) is 13.5. The lowest BCUT2D eigenvalue weighted by atomic mass is 10.1. The molecule has 0 bridgehead atoms. The lowest BCUT2D eigenvalue weighted by Crippen LogP contribution is -1.99. The van der Waals surface area contributed by atoms with E-state index in [2.05, 4.69) is 30.1 Å². The summed E-state index contributed by atoms with van der Waals surface area (Å²) in [7, 11) is 1.33. The fourth-order valence-corrected chi connectivity index (χ4v) is 2.22. The fourth-order valence-electron chi connectivity index (χ4n) is 2.22. The SMILES string of the molecule is COC(=O)c1ccc(N=Nc2c(N)n[nH]c2Cc2cccnc2)cc1. The van der Waals surface area contributed by atoms with Crippen molar-refractivity contribution in [3.05, 3.63) is 65.6 Å². The number of hydrogen-bond acceptors (Lipinski definition) is 7. The number of esters is 1. The van der Waals surface area contributed by atoms with Crippen molar-refractivity contribution in [2.24, 2.45) is 10.2 Å². The number of nitrogen functional groups attached to an aromatic ring is 1. The predicted octanol–water partition coefficient (Wildman–Crippen LogP) is 3.18. The summed E-state index contributed by atoms with van der Waals surface area (Å²) in [5.41, 5.74) is 9.14. The van der Waals surface area contributed by atoms with Gasteiger partial charge in [0.25, 0.3) is 0 Å². The second-order valence-electron chi connectivity index (χ2n) is 5.21. The number of aromatic amines is 1. The van der Waals surface area contributed by atoms with E-state index in [9.17, 15) is 4.79 Å². The Hall–Kier alpha value is -3.55. The van der Waals surface area contributed by atoms with Crippen molar-refractivity contribution in [2.45, 2.75) is 6.42 Å². The topological polar surface area (TPSA) is 119 Å². The zero-order chi connectivity index (χ0) is 17.6. The van der Waals surface area contributed by atoms with Crippen molar-refractivity contribution >= 4 is 23.2 Å². The number of ether oxygens (including phenoxy) is 1. The molecule has 8 heteroatoms. The molecule has 3 rings (SSSR count). The molecule has 3 N–H and O–H groups in total. The van der Waals surface area contributed by atoms with Gasteiger partial charge in [-0.05, 0) is 35.9 Å². The second kappa shape index (κ2) is 7.35. The summed E-state index contributed by atoms with van der Waals surface area (Å²) >= 11 is 0. The quantitative estimate of drug-likeness (QED) is 0.548. The molecule has 0 aliphatic heterocycles. The first-order valence-corrected chi connectivity index (χ1v) is 7.49. The lowest BCUT2D eigenvalue weighted by Gasteiger charge is -2.00. The van der Waals surface area contributed by atoms with Gasteiger partial charge in [-0.1, -0.05) is 6.07 Å². The molecule has 0 atom stereocenters. The van der Waals surface area contributed by atoms with Gasteiger partial charge in [0, 0.05) is 18.8 Å². The largest absolute Gasteiger partial charge is 0.465 e. The number of pyridine rings is 1. The minimum absolute atomic E-state index is 0.272. The molecule has 0 fully saturated rings. The maximum absolute atomic E-state index is 11.4. The van der Waals surface area contributed by atoms with E-state index in [1.54, 1.807) is 36.7 Å². The van der Waals surface area contributed by atoms with Crippen molar-refractivity contribution in [3.63, 3.8) is 0 Å². The normalized spacial score (nSPS) is 10.9. The van der Waals surface area contributed by atoms with Crippen LogP contribution >= 0.6 is 0 Å². The van der Waals surface area contributed by atoms with Gasteiger partial charge in [-0.2, -0.15) is 10.2 Å². The Balaban J connectivity index is 1.79. The van der Waals surface area contributed by atoms with E-state index >= 15 is 0 Å². The number of rotatable bonds is 5. The summed E-state index contributed by atoms with van der Waals surface area (Å²) in [6, 6.07) is 10.4. The Morgan fingerprint density at radius 1 is 1.24 bits per heavy atom. The molecule has 3 aromatic rings. The van der Waals surface area contributed by atoms with Crippen LogP contribution in [0.2, 0.25) is 0 Å². The first kappa shape index (κ1) is 16.3. The smallest absolute Gasteiger partial charge is 0.337 e. The van der Waals surface area contributed by atoms with Crippen LogP contribution in [0, 0.1) is 0 Å². The Bertz CT molecular complexity index is 887. The molecular formula is C17H16N6O2. The summed E-state index contributed by atoms with van der Waals surface area (Å²) < 4.78 is 4.66. The van der Waals surface area contributed by atoms with Gasteiger partial charge in [0.1, 0.15) is 0 Å². The van der Waals surface area contributed by atoms with E-state index in [0.29, 0.717) is 23.4 Å². The molecule has 0 radical (unpaired) electrons. The van der Waals surface area contributed by atoms with E-state index in [4.69, 9.17) is 5.73 Å². The number of hydrogen-bond donors (Lipinski definition) is 2. The van der Waals surface area contributed by atoms with Gasteiger partial charge in [0.15, 0.2) is 11.5 Å². The zero-order valence-electron chi connectivity index (χ0n) is 13.5. The number of H-pyrrole nitrogens is 1. The fraction of sp³-hybridized carbons (Fsp3) is 0.118. The number of nitrogens with zero attached hydrogens (tertiary/aromatic N) is 4. The molecule has 0 aliphatic rings. The molecule has 25 heavy (non-hydrogen) atoms. The Labute approximate surface area is 143 Å². The molecule has 0 saturated carbocycles. The molecule has 0 spiro atoms. The Morgan fingerprint density at radius 2 is 2.04 bits per heavy atom. The average Bonchev–Trinajstić information content (AvgIpc) is 3.00. The summed E-state index contributed by atoms with van der Waals surface area (Å²) in [5, 5.41) is 15.2. The van der Waals surface area contributed by atoms with Gasteiger partial charge in [0.2, 0.25) is 0 Å². The van der Waals surface area contributed by atoms with Gasteiger partial charge in [-0.25, -0.2) is 4.79 Å². The standard InChI is InChI=1S/C17H16N6O2/c1-25-17(24)12-4-6-13(7-5-12)20-22-15-14(21-23-16(15)18)9-11-3-2-8-19-10-11/h2-8,10H,9H2,1H3,(H3,18,21,23). The van der Waals surface area contributed by atoms with Crippen LogP contribution in [0.3, 0.4) is 0 Å². The molecule has 1 aromatic carbocycles. The third-order valence-electron chi connectivity index (χ3n) is 3.50. The number of methoxy groups -OCH3 is 1. The summed E-state index contributed by atoms with van der Waals surface area (Å²) in [6.07, 6.45) is 4.04. The third kappa shape index (κ3) is 3.86. The van der Waals surface area contributed by atoms with E-state index in [1.165, 1.54) is 7.11 Å². The van der Waals surface area contributed by atoms with E-state index in [-0.39, 0.29) is 5.82 Å². The number of azo groups is 1. The first-order chi connectivity index (χ1) is 12.2. The van der Waals surface area contributed by atoms with Crippen LogP contribution in [-0.4, -0.2) is 28.3 Å². The Kier molecular flexibility index (Phi) is 4.79. The highest BCUT2D eigenvalue weighted by molar-refractivity contribution is 5.89. The molecule has 8 nitrogen and oxygen atoms in total. The minimum atomic E-state index is -0.402. The van der Waals surface area contributed by atoms with E-state index < -0.39 is 5.97 Å². The highest BCUT2D eigenvalue weighted by atomic mass is 16.5. The molecule has 0 aliphatic carbocycles. The van der Waals surface area contributed by atoms with Crippen LogP contribution < -0.4 is 5.73 Å². The Morgan fingerprint density at radius 3 is 2.72 bits per heavy atom. The first-order valence-electron chi connectivity index (χ1n) is 7.49. The van der Waals surface area contributed by atoms with Crippen molar-refractivity contribution in [2.75, 3.05) is 12.8 Å². The van der Waals surface area contributed by atoms with Crippen molar-refractivity contribution in [3.8, 4) is 0 Å². The lowest BCUT2D eigenvalue weighted by molar-refractivity contribution is 0.0601. The summed E-state index contributed by atoms with van der Waals surface area (Å²) in [4.78, 5) is 15.5. The van der Waals surface area contributed by atoms with Crippen LogP contribution in [-0.2, 0) is 11.2 Å². The summed E-state index contributed by atoms with van der Waals surface area (Å²) in [5.74, 6) is -0.129. The van der Waals surface area contributed by atoms with Crippen LogP contribution in [0.25, 0.3) is 0 Å². The van der Waals surface area contributed by atoms with E-state index in [0.717, 1.165) is 11.3 Å². The van der Waals surface area contributed by atoms with Gasteiger partial charge in [-0.3, -0.25) is 10.1 Å². The number of carbonyl (C=O) groups is 1. The molecule has 0 saturated heterocycles. The third-order valence-corrected chi connectivity index (χ3v) is 3.50. The second-order valence-corrected chi connectivity index (χ2v) is 5.21. The molecule has 2 heterocycles. The predicted molar refractivity (Wildman–Crippen MR) is 92.0 cm³/mol. The van der Waals surface area contributed by atoms with Gasteiger partial charge in [0.05, 0.1) is 24.1 Å². The average molecular weight is 336 g/mol. The molecule has 2 aromatic heterocycles. The van der Waals surface area contributed by atoms with Crippen molar-refractivity contribution in [1.29, 1.82) is 0 Å². The maximum atomic E-state index is 11.4. The highest BCUT2D eigenvalue weighted by Gasteiger charge is 2.11. The number of benzene rings is 1. The van der Waals surface area contributed by atoms with Gasteiger partial charge >= 0.3 is 5.97 Å². The highest BCUT2D eigenvalue weighted by Crippen LogP contribution is 2.28. The number of carbonyl (C=O) groups excluding carboxylic acids is 1. The number of anilines is 1. The van der Waals surface area contributed by atoms with Crippen molar-refractivity contribution in [1.82, 2.24) is 15.2 Å². The van der Waals surface area contributed by atoms with Gasteiger partial charge < -0.3 is 10.5 Å². The van der Waals surface area contributed by atoms with Crippen LogP contribution in [0.1, 0.15) is 21.6 Å². The minimum Gasteiger partial charge on any atom is -0.465 e. The molecular weight excluding hydrogens is 320 g/mol. The van der Waals surface area contributed by atoms with Crippen molar-refractivity contribution < 1.29 is 9.53 Å².